The highest BCUT2D eigenvalue weighted by atomic mass is 32.1. The van der Waals surface area contributed by atoms with Gasteiger partial charge in [-0.3, -0.25) is 4.79 Å². The van der Waals surface area contributed by atoms with Crippen LogP contribution < -0.4 is 5.32 Å². The normalized spacial score (nSPS) is 10.3. The second kappa shape index (κ2) is 5.18. The Balaban J connectivity index is 2.06. The number of aryl methyl sites for hydroxylation is 1. The molecule has 18 heavy (non-hydrogen) atoms. The molecular formula is C13H12FNO2S. The van der Waals surface area contributed by atoms with Crippen molar-refractivity contribution in [2.75, 3.05) is 0 Å². The van der Waals surface area contributed by atoms with Crippen molar-refractivity contribution in [3.63, 3.8) is 0 Å². The fourth-order valence-electron chi connectivity index (χ4n) is 1.53. The molecule has 0 unspecified atom stereocenters. The first kappa shape index (κ1) is 12.6. The minimum absolute atomic E-state index is 0.0676. The molecule has 0 spiro atoms. The molecule has 0 aliphatic rings. The Bertz CT molecular complexity index is 580. The average molecular weight is 265 g/mol. The van der Waals surface area contributed by atoms with Crippen LogP contribution in [0.2, 0.25) is 0 Å². The van der Waals surface area contributed by atoms with E-state index in [1.54, 1.807) is 11.3 Å². The molecule has 0 aliphatic heterocycles. The summed E-state index contributed by atoms with van der Waals surface area (Å²) in [6.45, 7) is 2.34. The summed E-state index contributed by atoms with van der Waals surface area (Å²) >= 11 is 1.54. The van der Waals surface area contributed by atoms with E-state index in [9.17, 15) is 9.18 Å². The summed E-state index contributed by atoms with van der Waals surface area (Å²) in [4.78, 5) is 12.8. The lowest BCUT2D eigenvalue weighted by atomic mass is 10.2. The zero-order valence-electron chi connectivity index (χ0n) is 9.74. The van der Waals surface area contributed by atoms with E-state index in [2.05, 4.69) is 5.32 Å². The molecule has 2 aromatic rings. The van der Waals surface area contributed by atoms with Gasteiger partial charge in [-0.25, -0.2) is 4.39 Å². The van der Waals surface area contributed by atoms with Crippen LogP contribution in [-0.4, -0.2) is 11.0 Å². The topological polar surface area (TPSA) is 49.3 Å². The van der Waals surface area contributed by atoms with E-state index in [1.807, 2.05) is 18.4 Å². The van der Waals surface area contributed by atoms with Gasteiger partial charge >= 0.3 is 0 Å². The van der Waals surface area contributed by atoms with Gasteiger partial charge in [0.25, 0.3) is 5.91 Å². The van der Waals surface area contributed by atoms with Crippen molar-refractivity contribution >= 4 is 17.2 Å². The molecule has 0 saturated carbocycles. The minimum Gasteiger partial charge on any atom is -0.508 e. The van der Waals surface area contributed by atoms with Gasteiger partial charge in [0.1, 0.15) is 11.6 Å². The number of phenols is 1. The summed E-state index contributed by atoms with van der Waals surface area (Å²) in [6.07, 6.45) is 0. The summed E-state index contributed by atoms with van der Waals surface area (Å²) in [6, 6.07) is 5.44. The van der Waals surface area contributed by atoms with Crippen LogP contribution in [0.1, 0.15) is 20.8 Å². The van der Waals surface area contributed by atoms with Gasteiger partial charge in [0.05, 0.1) is 12.1 Å². The van der Waals surface area contributed by atoms with E-state index in [1.165, 1.54) is 12.1 Å². The van der Waals surface area contributed by atoms with Gasteiger partial charge in [-0.05, 0) is 36.1 Å². The molecule has 0 bridgehead atoms. The molecule has 1 aromatic heterocycles. The smallest absolute Gasteiger partial charge is 0.254 e. The molecule has 0 saturated heterocycles. The highest BCUT2D eigenvalue weighted by Crippen LogP contribution is 2.17. The van der Waals surface area contributed by atoms with E-state index >= 15 is 0 Å². The fourth-order valence-corrected chi connectivity index (χ4v) is 2.38. The first-order valence-electron chi connectivity index (χ1n) is 5.37. The molecule has 94 valence electrons. The fraction of sp³-hybridized carbons (Fsp3) is 0.154. The minimum atomic E-state index is -0.726. The summed E-state index contributed by atoms with van der Waals surface area (Å²) < 4.78 is 13.4. The molecule has 2 N–H and O–H groups in total. The van der Waals surface area contributed by atoms with Crippen LogP contribution in [0.5, 0.6) is 5.75 Å². The van der Waals surface area contributed by atoms with Crippen LogP contribution >= 0.6 is 11.3 Å². The Morgan fingerprint density at radius 2 is 2.22 bits per heavy atom. The second-order valence-electron chi connectivity index (χ2n) is 3.87. The zero-order chi connectivity index (χ0) is 13.1. The Morgan fingerprint density at radius 3 is 2.83 bits per heavy atom. The maximum absolute atomic E-state index is 13.4. The highest BCUT2D eigenvalue weighted by molar-refractivity contribution is 7.10. The number of thiophene rings is 1. The number of amides is 1. The summed E-state index contributed by atoms with van der Waals surface area (Å²) in [7, 11) is 0. The zero-order valence-corrected chi connectivity index (χ0v) is 10.6. The van der Waals surface area contributed by atoms with Gasteiger partial charge < -0.3 is 10.4 Å². The van der Waals surface area contributed by atoms with Crippen molar-refractivity contribution in [1.82, 2.24) is 5.32 Å². The maximum Gasteiger partial charge on any atom is 0.254 e. The van der Waals surface area contributed by atoms with Crippen molar-refractivity contribution < 1.29 is 14.3 Å². The Labute approximate surface area is 108 Å². The second-order valence-corrected chi connectivity index (χ2v) is 4.87. The lowest BCUT2D eigenvalue weighted by Gasteiger charge is -2.06. The van der Waals surface area contributed by atoms with E-state index in [0.717, 1.165) is 16.5 Å². The van der Waals surface area contributed by atoms with Crippen LogP contribution in [0.4, 0.5) is 4.39 Å². The van der Waals surface area contributed by atoms with Crippen molar-refractivity contribution in [1.29, 1.82) is 0 Å². The highest BCUT2D eigenvalue weighted by Gasteiger charge is 2.12. The van der Waals surface area contributed by atoms with Gasteiger partial charge in [0.15, 0.2) is 0 Å². The molecular weight excluding hydrogens is 253 g/mol. The Kier molecular flexibility index (Phi) is 3.62. The predicted octanol–water partition coefficient (Wildman–Crippen LogP) is 2.83. The first-order chi connectivity index (χ1) is 8.58. The molecule has 0 atom stereocenters. The predicted molar refractivity (Wildman–Crippen MR) is 68.3 cm³/mol. The number of phenolic OH excluding ortho intramolecular Hbond substituents is 1. The van der Waals surface area contributed by atoms with E-state index in [-0.39, 0.29) is 11.3 Å². The van der Waals surface area contributed by atoms with Crippen molar-refractivity contribution in [2.45, 2.75) is 13.5 Å². The molecule has 1 amide bonds. The van der Waals surface area contributed by atoms with Crippen molar-refractivity contribution in [3.05, 3.63) is 51.5 Å². The van der Waals surface area contributed by atoms with Gasteiger partial charge in [0, 0.05) is 10.9 Å². The average Bonchev–Trinajstić information content (AvgIpc) is 2.72. The number of benzene rings is 1. The first-order valence-corrected chi connectivity index (χ1v) is 6.25. The number of halogens is 1. The number of hydrogen-bond acceptors (Lipinski definition) is 3. The molecule has 2 rings (SSSR count). The van der Waals surface area contributed by atoms with Crippen LogP contribution in [-0.2, 0) is 6.54 Å². The summed E-state index contributed by atoms with van der Waals surface area (Å²) in [5.41, 5.74) is 1.04. The van der Waals surface area contributed by atoms with Gasteiger partial charge in [-0.2, -0.15) is 0 Å². The number of hydrogen-bond donors (Lipinski definition) is 2. The van der Waals surface area contributed by atoms with Crippen LogP contribution in [0.25, 0.3) is 0 Å². The Hall–Kier alpha value is -1.88. The quantitative estimate of drug-likeness (QED) is 0.896. The third-order valence-corrected chi connectivity index (χ3v) is 3.60. The lowest BCUT2D eigenvalue weighted by molar-refractivity contribution is 0.0947. The maximum atomic E-state index is 13.4. The number of aromatic hydroxyl groups is 1. The lowest BCUT2D eigenvalue weighted by Crippen LogP contribution is -2.23. The summed E-state index contributed by atoms with van der Waals surface area (Å²) in [5.74, 6) is -1.41. The molecule has 1 heterocycles. The van der Waals surface area contributed by atoms with E-state index in [4.69, 9.17) is 5.11 Å². The SMILES string of the molecule is Cc1ccsc1CNC(=O)c1ccc(O)cc1F. The van der Waals surface area contributed by atoms with E-state index < -0.39 is 11.7 Å². The van der Waals surface area contributed by atoms with Crippen LogP contribution in [0, 0.1) is 12.7 Å². The molecule has 0 radical (unpaired) electrons. The summed E-state index contributed by atoms with van der Waals surface area (Å²) in [5, 5.41) is 13.7. The largest absolute Gasteiger partial charge is 0.508 e. The standard InChI is InChI=1S/C13H12FNO2S/c1-8-4-5-18-12(8)7-15-13(17)10-3-2-9(16)6-11(10)14/h2-6,16H,7H2,1H3,(H,15,17). The molecule has 3 nitrogen and oxygen atoms in total. The van der Waals surface area contributed by atoms with Crippen molar-refractivity contribution in [2.24, 2.45) is 0 Å². The Morgan fingerprint density at radius 1 is 1.44 bits per heavy atom. The third-order valence-electron chi connectivity index (χ3n) is 2.57. The number of carbonyl (C=O) groups excluding carboxylic acids is 1. The molecule has 0 fully saturated rings. The van der Waals surface area contributed by atoms with Crippen LogP contribution in [0.3, 0.4) is 0 Å². The van der Waals surface area contributed by atoms with Crippen molar-refractivity contribution in [3.8, 4) is 5.75 Å². The third kappa shape index (κ3) is 2.68. The van der Waals surface area contributed by atoms with Gasteiger partial charge in [-0.1, -0.05) is 0 Å². The van der Waals surface area contributed by atoms with Gasteiger partial charge in [-0.15, -0.1) is 11.3 Å². The number of rotatable bonds is 3. The number of carbonyl (C=O) groups is 1. The monoisotopic (exact) mass is 265 g/mol. The molecule has 1 aromatic carbocycles. The van der Waals surface area contributed by atoms with E-state index in [0.29, 0.717) is 6.54 Å². The molecule has 0 aliphatic carbocycles. The van der Waals surface area contributed by atoms with Gasteiger partial charge in [0.2, 0.25) is 0 Å². The number of nitrogens with one attached hydrogen (secondary N) is 1. The van der Waals surface area contributed by atoms with Crippen LogP contribution in [0.15, 0.2) is 29.6 Å². The molecule has 5 heteroatoms.